The van der Waals surface area contributed by atoms with Gasteiger partial charge in [0.05, 0.1) is 18.7 Å². The van der Waals surface area contributed by atoms with Gasteiger partial charge in [0.25, 0.3) is 5.91 Å². The van der Waals surface area contributed by atoms with Gasteiger partial charge in [0.15, 0.2) is 18.2 Å². The van der Waals surface area contributed by atoms with Gasteiger partial charge >= 0.3 is 0 Å². The molecule has 1 amide bonds. The van der Waals surface area contributed by atoms with Crippen LogP contribution in [0.25, 0.3) is 0 Å². The van der Waals surface area contributed by atoms with E-state index < -0.39 is 103 Å². The first-order valence-corrected chi connectivity index (χ1v) is 14.9. The van der Waals surface area contributed by atoms with Crippen LogP contribution in [0.5, 0.6) is 0 Å². The second kappa shape index (κ2) is 14.3. The van der Waals surface area contributed by atoms with Gasteiger partial charge in [-0.2, -0.15) is 0 Å². The maximum atomic E-state index is 12.9. The van der Waals surface area contributed by atoms with E-state index in [1.54, 1.807) is 0 Å². The standard InChI is InChI=1S/C26H49N5O13/c1-25(39)9-41-22(18(37)21(25)29-2)44-20-11(31-24(38)26(40)7-13(26)28)6-10(27)19(17(20)36)43-23-16(35)15(34)14(33)12(42-23)8-30-4-3-5-32/h10-23,29-30,32-37,39-40H,3-9,27-28H2,1-2H3,(H,31,38)/t10-,11+,12+,13?,14+,15-,16+,17-,18+,19+,20-,21+,22+,23+,25-,26?/m0/s1. The third kappa shape index (κ3) is 7.36. The van der Waals surface area contributed by atoms with E-state index in [4.69, 9.17) is 35.5 Å². The van der Waals surface area contributed by atoms with Crippen molar-refractivity contribution in [1.29, 1.82) is 0 Å². The van der Waals surface area contributed by atoms with Crippen LogP contribution in [0.2, 0.25) is 0 Å². The third-order valence-corrected chi connectivity index (χ3v) is 8.96. The van der Waals surface area contributed by atoms with Gasteiger partial charge in [-0.3, -0.25) is 4.79 Å². The summed E-state index contributed by atoms with van der Waals surface area (Å²) in [5, 5.41) is 92.5. The molecule has 44 heavy (non-hydrogen) atoms. The van der Waals surface area contributed by atoms with Gasteiger partial charge in [0, 0.05) is 31.7 Å². The second-order valence-corrected chi connectivity index (χ2v) is 12.5. The molecule has 0 aromatic rings. The van der Waals surface area contributed by atoms with Gasteiger partial charge in [-0.05, 0) is 33.4 Å². The summed E-state index contributed by atoms with van der Waals surface area (Å²) in [5.74, 6) is -0.803. The molecule has 15 N–H and O–H groups in total. The number of hydrogen-bond acceptors (Lipinski definition) is 17. The van der Waals surface area contributed by atoms with Crippen molar-refractivity contribution < 1.29 is 64.6 Å². The number of carbonyl (C=O) groups excluding carboxylic acids is 1. The van der Waals surface area contributed by atoms with Crippen molar-refractivity contribution in [2.24, 2.45) is 11.5 Å². The Morgan fingerprint density at radius 3 is 2.25 bits per heavy atom. The summed E-state index contributed by atoms with van der Waals surface area (Å²) >= 11 is 0. The predicted molar refractivity (Wildman–Crippen MR) is 148 cm³/mol. The van der Waals surface area contributed by atoms with Crippen LogP contribution >= 0.6 is 0 Å². The highest BCUT2D eigenvalue weighted by atomic mass is 16.7. The Kier molecular flexibility index (Phi) is 11.6. The highest BCUT2D eigenvalue weighted by molar-refractivity contribution is 5.89. The number of aliphatic hydroxyl groups excluding tert-OH is 6. The summed E-state index contributed by atoms with van der Waals surface area (Å²) in [6.07, 6.45) is -14.3. The van der Waals surface area contributed by atoms with Crippen molar-refractivity contribution in [1.82, 2.24) is 16.0 Å². The number of carbonyl (C=O) groups is 1. The van der Waals surface area contributed by atoms with Crippen LogP contribution in [0.4, 0.5) is 0 Å². The van der Waals surface area contributed by atoms with Crippen LogP contribution in [0.3, 0.4) is 0 Å². The Hall–Kier alpha value is -1.17. The fraction of sp³-hybridized carbons (Fsp3) is 0.962. The zero-order chi connectivity index (χ0) is 32.6. The molecule has 2 unspecified atom stereocenters. The molecule has 0 bridgehead atoms. The van der Waals surface area contributed by atoms with Crippen LogP contribution in [-0.2, 0) is 23.7 Å². The summed E-state index contributed by atoms with van der Waals surface area (Å²) in [5.41, 5.74) is 8.83. The molecule has 256 valence electrons. The normalized spacial score (nSPS) is 49.5. The molecule has 2 aliphatic carbocycles. The first-order valence-electron chi connectivity index (χ1n) is 14.9. The first kappa shape index (κ1) is 35.7. The lowest BCUT2D eigenvalue weighted by Crippen LogP contribution is -2.70. The molecule has 2 saturated carbocycles. The maximum Gasteiger partial charge on any atom is 0.253 e. The van der Waals surface area contributed by atoms with E-state index in [2.05, 4.69) is 16.0 Å². The van der Waals surface area contributed by atoms with Gasteiger partial charge in [-0.1, -0.05) is 0 Å². The van der Waals surface area contributed by atoms with E-state index in [0.717, 1.165) is 0 Å². The maximum absolute atomic E-state index is 12.9. The Balaban J connectivity index is 1.52. The smallest absolute Gasteiger partial charge is 0.253 e. The first-order chi connectivity index (χ1) is 20.7. The number of likely N-dealkylation sites (N-methyl/N-ethyl adjacent to an activating group) is 1. The number of nitrogens with one attached hydrogen (secondary N) is 3. The monoisotopic (exact) mass is 639 g/mol. The second-order valence-electron chi connectivity index (χ2n) is 12.5. The Bertz CT molecular complexity index is 969. The molecule has 0 aromatic heterocycles. The highest BCUT2D eigenvalue weighted by Gasteiger charge is 2.59. The number of nitrogens with two attached hydrogens (primary N) is 2. The Morgan fingerprint density at radius 2 is 1.64 bits per heavy atom. The van der Waals surface area contributed by atoms with E-state index in [-0.39, 0.29) is 32.6 Å². The minimum absolute atomic E-state index is 0.0297. The molecule has 2 aliphatic heterocycles. The van der Waals surface area contributed by atoms with Crippen molar-refractivity contribution in [3.63, 3.8) is 0 Å². The summed E-state index contributed by atoms with van der Waals surface area (Å²) < 4.78 is 23.3. The van der Waals surface area contributed by atoms with Crippen LogP contribution in [-0.4, -0.2) is 177 Å². The fourth-order valence-electron chi connectivity index (χ4n) is 6.09. The predicted octanol–water partition coefficient (Wildman–Crippen LogP) is -7.37. The zero-order valence-electron chi connectivity index (χ0n) is 24.8. The van der Waals surface area contributed by atoms with Crippen molar-refractivity contribution in [3.05, 3.63) is 0 Å². The van der Waals surface area contributed by atoms with E-state index >= 15 is 0 Å². The molecule has 0 spiro atoms. The minimum Gasteiger partial charge on any atom is -0.396 e. The Morgan fingerprint density at radius 1 is 0.977 bits per heavy atom. The van der Waals surface area contributed by atoms with Gasteiger partial charge < -0.3 is 87.2 Å². The molecule has 0 aromatic carbocycles. The van der Waals surface area contributed by atoms with E-state index in [1.165, 1.54) is 14.0 Å². The van der Waals surface area contributed by atoms with Crippen molar-refractivity contribution in [2.45, 2.75) is 123 Å². The Labute approximate surface area is 254 Å². The van der Waals surface area contributed by atoms with Gasteiger partial charge in [0.1, 0.15) is 54.4 Å². The molecule has 2 heterocycles. The summed E-state index contributed by atoms with van der Waals surface area (Å²) in [6, 6.07) is -3.72. The quantitative estimate of drug-likeness (QED) is 0.0882. The average molecular weight is 640 g/mol. The molecule has 0 radical (unpaired) electrons. The number of amides is 1. The van der Waals surface area contributed by atoms with Crippen LogP contribution in [0.1, 0.15) is 26.2 Å². The zero-order valence-corrected chi connectivity index (χ0v) is 24.8. The van der Waals surface area contributed by atoms with Crippen LogP contribution < -0.4 is 27.4 Å². The lowest BCUT2D eigenvalue weighted by Gasteiger charge is -2.49. The molecule has 18 heteroatoms. The summed E-state index contributed by atoms with van der Waals surface area (Å²) in [7, 11) is 1.53. The molecule has 18 nitrogen and oxygen atoms in total. The fourth-order valence-corrected chi connectivity index (χ4v) is 6.09. The lowest BCUT2D eigenvalue weighted by atomic mass is 9.83. The number of hydrogen-bond donors (Lipinski definition) is 13. The average Bonchev–Trinajstić information content (AvgIpc) is 3.59. The van der Waals surface area contributed by atoms with Crippen molar-refractivity contribution >= 4 is 5.91 Å². The highest BCUT2D eigenvalue weighted by Crippen LogP contribution is 2.36. The van der Waals surface area contributed by atoms with Gasteiger partial charge in [-0.15, -0.1) is 0 Å². The molecule has 4 fully saturated rings. The number of ether oxygens (including phenoxy) is 4. The topological polar surface area (TPSA) is 304 Å². The molecule has 16 atom stereocenters. The lowest BCUT2D eigenvalue weighted by molar-refractivity contribution is -0.330. The van der Waals surface area contributed by atoms with E-state index in [1.807, 2.05) is 0 Å². The van der Waals surface area contributed by atoms with Crippen molar-refractivity contribution in [2.75, 3.05) is 33.4 Å². The molecular weight excluding hydrogens is 590 g/mol. The summed E-state index contributed by atoms with van der Waals surface area (Å²) in [6.45, 7) is 1.60. The van der Waals surface area contributed by atoms with Gasteiger partial charge in [0.2, 0.25) is 0 Å². The molecular formula is C26H49N5O13. The molecule has 4 rings (SSSR count). The summed E-state index contributed by atoms with van der Waals surface area (Å²) in [4.78, 5) is 12.9. The van der Waals surface area contributed by atoms with E-state index in [0.29, 0.717) is 13.0 Å². The van der Waals surface area contributed by atoms with Crippen LogP contribution in [0.15, 0.2) is 0 Å². The number of aliphatic hydroxyl groups is 8. The van der Waals surface area contributed by atoms with E-state index in [9.17, 15) is 40.5 Å². The molecule has 4 aliphatic rings. The third-order valence-electron chi connectivity index (χ3n) is 8.96. The van der Waals surface area contributed by atoms with Gasteiger partial charge in [-0.25, -0.2) is 0 Å². The number of rotatable bonds is 12. The SMILES string of the molecule is CN[C@@H]1[C@@H](O)[C@@H](O[C@@H]2[C@@H](O)[C@H](O[C@H]3O[C@H](CNCCCO)[C@@H](O)[C@H](O)[C@H]3O)[C@@H](N)C[C@H]2NC(=O)C2(O)CC2N)OC[C@]1(C)O. The van der Waals surface area contributed by atoms with Crippen molar-refractivity contribution in [3.8, 4) is 0 Å². The minimum atomic E-state index is -1.80. The largest absolute Gasteiger partial charge is 0.396 e. The van der Waals surface area contributed by atoms with Crippen LogP contribution in [0, 0.1) is 0 Å². The molecule has 2 saturated heterocycles.